The molecule has 0 bridgehead atoms. The lowest BCUT2D eigenvalue weighted by Crippen LogP contribution is -2.36. The van der Waals surface area contributed by atoms with Gasteiger partial charge in [0.2, 0.25) is 10.0 Å². The fourth-order valence-corrected chi connectivity index (χ4v) is 3.78. The van der Waals surface area contributed by atoms with Crippen LogP contribution in [-0.2, 0) is 23.0 Å². The first-order valence-corrected chi connectivity index (χ1v) is 7.52. The van der Waals surface area contributed by atoms with Crippen LogP contribution in [0.2, 0.25) is 0 Å². The monoisotopic (exact) mass is 294 g/mol. The molecule has 0 radical (unpaired) electrons. The van der Waals surface area contributed by atoms with E-state index in [1.54, 1.807) is 12.1 Å². The van der Waals surface area contributed by atoms with E-state index in [4.69, 9.17) is 5.73 Å². The Hall–Kier alpha value is -2.06. The smallest absolute Gasteiger partial charge is 0.248 e. The Balaban J connectivity index is 1.96. The van der Waals surface area contributed by atoms with E-state index in [0.717, 1.165) is 11.1 Å². The second-order valence-corrected chi connectivity index (χ2v) is 6.60. The normalized spacial score (nSPS) is 16.0. The van der Waals surface area contributed by atoms with Crippen molar-refractivity contribution in [2.24, 2.45) is 0 Å². The Bertz CT molecular complexity index is 754. The van der Waals surface area contributed by atoms with Crippen LogP contribution < -0.4 is 5.73 Å². The molecule has 0 spiro atoms. The highest BCUT2D eigenvalue weighted by Crippen LogP contribution is 2.28. The Morgan fingerprint density at radius 3 is 2.85 bits per heavy atom. The van der Waals surface area contributed by atoms with E-state index in [0.29, 0.717) is 13.0 Å². The maximum absolute atomic E-state index is 12.5. The van der Waals surface area contributed by atoms with Gasteiger partial charge in [-0.3, -0.25) is 5.10 Å². The van der Waals surface area contributed by atoms with E-state index < -0.39 is 10.0 Å². The van der Waals surface area contributed by atoms with Gasteiger partial charge in [-0.05, 0) is 29.7 Å². The summed E-state index contributed by atoms with van der Waals surface area (Å²) >= 11 is 0. The average molecular weight is 294 g/mol. The minimum Gasteiger partial charge on any atom is -0.508 e. The third-order valence-electron chi connectivity index (χ3n) is 3.42. The lowest BCUT2D eigenvalue weighted by molar-refractivity contribution is 0.389. The lowest BCUT2D eigenvalue weighted by Gasteiger charge is -2.27. The molecule has 1 aromatic carbocycles. The molecule has 20 heavy (non-hydrogen) atoms. The molecule has 0 saturated carbocycles. The molecule has 0 saturated heterocycles. The number of phenols is 1. The molecule has 2 aromatic rings. The topological polar surface area (TPSA) is 112 Å². The van der Waals surface area contributed by atoms with Crippen LogP contribution in [0.1, 0.15) is 11.1 Å². The van der Waals surface area contributed by atoms with Crippen molar-refractivity contribution in [3.8, 4) is 5.75 Å². The van der Waals surface area contributed by atoms with E-state index in [-0.39, 0.29) is 23.0 Å². The quantitative estimate of drug-likeness (QED) is 0.744. The minimum absolute atomic E-state index is 0.0129. The molecule has 0 amide bonds. The van der Waals surface area contributed by atoms with Gasteiger partial charge in [-0.1, -0.05) is 6.07 Å². The first-order chi connectivity index (χ1) is 9.48. The number of nitrogens with two attached hydrogens (primary N) is 1. The van der Waals surface area contributed by atoms with Crippen LogP contribution in [0.3, 0.4) is 0 Å². The van der Waals surface area contributed by atoms with Crippen molar-refractivity contribution >= 4 is 15.8 Å². The summed E-state index contributed by atoms with van der Waals surface area (Å²) < 4.78 is 26.3. The zero-order valence-corrected chi connectivity index (χ0v) is 11.4. The van der Waals surface area contributed by atoms with Crippen LogP contribution in [0.25, 0.3) is 0 Å². The van der Waals surface area contributed by atoms with Crippen LogP contribution in [0.5, 0.6) is 5.75 Å². The molecule has 7 nitrogen and oxygen atoms in total. The number of aromatic hydroxyl groups is 1. The van der Waals surface area contributed by atoms with Gasteiger partial charge in [0.25, 0.3) is 0 Å². The lowest BCUT2D eigenvalue weighted by atomic mass is 10.0. The number of rotatable bonds is 2. The van der Waals surface area contributed by atoms with E-state index in [2.05, 4.69) is 10.2 Å². The van der Waals surface area contributed by atoms with Gasteiger partial charge < -0.3 is 10.8 Å². The predicted octanol–water partition coefficient (Wildman–Crippen LogP) is 0.444. The fraction of sp³-hybridized carbons (Fsp3) is 0.250. The molecule has 0 aliphatic carbocycles. The first kappa shape index (κ1) is 12.9. The number of aromatic nitrogens is 2. The van der Waals surface area contributed by atoms with Crippen molar-refractivity contribution in [1.82, 2.24) is 14.5 Å². The van der Waals surface area contributed by atoms with E-state index >= 15 is 0 Å². The summed E-state index contributed by atoms with van der Waals surface area (Å²) in [4.78, 5) is -0.0129. The fourth-order valence-electron chi connectivity index (χ4n) is 2.35. The number of phenolic OH excluding ortho intramolecular Hbond substituents is 1. The van der Waals surface area contributed by atoms with Gasteiger partial charge in [-0.25, -0.2) is 8.42 Å². The molecule has 0 atom stereocenters. The van der Waals surface area contributed by atoms with Gasteiger partial charge in [0.05, 0.1) is 6.20 Å². The number of nitrogen functional groups attached to an aromatic ring is 1. The SMILES string of the molecule is Nc1[nH]ncc1S(=O)(=O)N1CCc2ccc(O)cc2C1. The van der Waals surface area contributed by atoms with Gasteiger partial charge >= 0.3 is 0 Å². The third kappa shape index (κ3) is 2.02. The third-order valence-corrected chi connectivity index (χ3v) is 5.29. The van der Waals surface area contributed by atoms with Crippen molar-refractivity contribution in [3.05, 3.63) is 35.5 Å². The predicted molar refractivity (Wildman–Crippen MR) is 72.4 cm³/mol. The molecule has 8 heteroatoms. The Labute approximate surface area is 116 Å². The first-order valence-electron chi connectivity index (χ1n) is 6.08. The highest BCUT2D eigenvalue weighted by Gasteiger charge is 2.30. The van der Waals surface area contributed by atoms with Gasteiger partial charge in [0.15, 0.2) is 0 Å². The number of benzene rings is 1. The maximum atomic E-state index is 12.5. The molecule has 0 fully saturated rings. The largest absolute Gasteiger partial charge is 0.508 e. The molecule has 1 aromatic heterocycles. The Morgan fingerprint density at radius 2 is 2.15 bits per heavy atom. The number of nitrogens with zero attached hydrogens (tertiary/aromatic N) is 2. The zero-order chi connectivity index (χ0) is 14.3. The van der Waals surface area contributed by atoms with Crippen LogP contribution in [-0.4, -0.2) is 34.6 Å². The molecule has 0 unspecified atom stereocenters. The average Bonchev–Trinajstić information content (AvgIpc) is 2.84. The van der Waals surface area contributed by atoms with Crippen molar-refractivity contribution < 1.29 is 13.5 Å². The molecule has 1 aliphatic rings. The second-order valence-electron chi connectivity index (χ2n) is 4.69. The molecule has 3 rings (SSSR count). The second kappa shape index (κ2) is 4.50. The molecule has 106 valence electrons. The van der Waals surface area contributed by atoms with Crippen LogP contribution in [0, 0.1) is 0 Å². The molecule has 2 heterocycles. The highest BCUT2D eigenvalue weighted by molar-refractivity contribution is 7.89. The highest BCUT2D eigenvalue weighted by atomic mass is 32.2. The number of nitrogens with one attached hydrogen (secondary N) is 1. The van der Waals surface area contributed by atoms with Crippen molar-refractivity contribution in [1.29, 1.82) is 0 Å². The summed E-state index contributed by atoms with van der Waals surface area (Å²) in [7, 11) is -3.67. The molecule has 4 N–H and O–H groups in total. The number of H-pyrrole nitrogens is 1. The Kier molecular flexibility index (Phi) is 2.91. The van der Waals surface area contributed by atoms with Crippen molar-refractivity contribution in [2.75, 3.05) is 12.3 Å². The van der Waals surface area contributed by atoms with Crippen LogP contribution in [0.4, 0.5) is 5.82 Å². The number of anilines is 1. The number of sulfonamides is 1. The summed E-state index contributed by atoms with van der Waals surface area (Å²) in [5, 5.41) is 15.6. The molecule has 1 aliphatic heterocycles. The molecular formula is C12H14N4O3S. The Morgan fingerprint density at radius 1 is 1.35 bits per heavy atom. The van der Waals surface area contributed by atoms with Crippen molar-refractivity contribution in [3.63, 3.8) is 0 Å². The number of hydrogen-bond acceptors (Lipinski definition) is 5. The standard InChI is InChI=1S/C12H14N4O3S/c13-12-11(6-14-15-12)20(18,19)16-4-3-8-1-2-10(17)5-9(8)7-16/h1-2,5-6,17H,3-4,7H2,(H3,13,14,15). The van der Waals surface area contributed by atoms with E-state index in [9.17, 15) is 13.5 Å². The summed E-state index contributed by atoms with van der Waals surface area (Å²) in [5.41, 5.74) is 7.45. The summed E-state index contributed by atoms with van der Waals surface area (Å²) in [5.74, 6) is 0.164. The van der Waals surface area contributed by atoms with Gasteiger partial charge in [0, 0.05) is 13.1 Å². The number of hydrogen-bond donors (Lipinski definition) is 3. The van der Waals surface area contributed by atoms with Crippen LogP contribution in [0.15, 0.2) is 29.3 Å². The number of aromatic amines is 1. The van der Waals surface area contributed by atoms with Crippen LogP contribution >= 0.6 is 0 Å². The maximum Gasteiger partial charge on any atom is 0.248 e. The van der Waals surface area contributed by atoms with Gasteiger partial charge in [-0.2, -0.15) is 9.40 Å². The van der Waals surface area contributed by atoms with E-state index in [1.807, 2.05) is 6.07 Å². The van der Waals surface area contributed by atoms with Crippen molar-refractivity contribution in [2.45, 2.75) is 17.9 Å². The summed E-state index contributed by atoms with van der Waals surface area (Å²) in [6, 6.07) is 5.02. The van der Waals surface area contributed by atoms with Gasteiger partial charge in [0.1, 0.15) is 16.5 Å². The summed E-state index contributed by atoms with van der Waals surface area (Å²) in [6.45, 7) is 0.599. The minimum atomic E-state index is -3.67. The van der Waals surface area contributed by atoms with Gasteiger partial charge in [-0.15, -0.1) is 0 Å². The molecular weight excluding hydrogens is 280 g/mol. The van der Waals surface area contributed by atoms with E-state index in [1.165, 1.54) is 10.5 Å². The number of fused-ring (bicyclic) bond motifs is 1. The summed E-state index contributed by atoms with van der Waals surface area (Å²) in [6.07, 6.45) is 1.81. The zero-order valence-electron chi connectivity index (χ0n) is 10.6.